The molecule has 17 heavy (non-hydrogen) atoms. The Morgan fingerprint density at radius 2 is 1.94 bits per heavy atom. The minimum absolute atomic E-state index is 0.0896. The fourth-order valence-corrected chi connectivity index (χ4v) is 0.671. The maximum absolute atomic E-state index is 11.5. The zero-order valence-electron chi connectivity index (χ0n) is 10.7. The van der Waals surface area contributed by atoms with Gasteiger partial charge in [-0.25, -0.2) is 0 Å². The van der Waals surface area contributed by atoms with Crippen LogP contribution in [0.1, 0.15) is 27.2 Å². The predicted molar refractivity (Wildman–Crippen MR) is 59.3 cm³/mol. The number of methoxy groups -OCH3 is 1. The molecule has 0 aromatic heterocycles. The third kappa shape index (κ3) is 7.59. The molecule has 0 saturated heterocycles. The van der Waals surface area contributed by atoms with Gasteiger partial charge < -0.3 is 14.4 Å². The predicted octanol–water partition coefficient (Wildman–Crippen LogP) is 1.96. The van der Waals surface area contributed by atoms with Gasteiger partial charge >= 0.3 is 5.97 Å². The summed E-state index contributed by atoms with van der Waals surface area (Å²) in [5.74, 6) is -0.260. The Bertz CT molecular complexity index is 236. The zero-order chi connectivity index (χ0) is 13.1. The van der Waals surface area contributed by atoms with Gasteiger partial charge in [-0.05, 0) is 25.3 Å². The molecule has 100 valence electrons. The molecule has 0 rings (SSSR count). The van der Waals surface area contributed by atoms with Crippen molar-refractivity contribution in [1.82, 2.24) is 0 Å². The van der Waals surface area contributed by atoms with Crippen molar-refractivity contribution in [2.75, 3.05) is 20.3 Å². The molecule has 6 heteroatoms. The zero-order valence-corrected chi connectivity index (χ0v) is 10.7. The first-order valence-electron chi connectivity index (χ1n) is 5.34. The minimum Gasteiger partial charge on any atom is -0.501 e. The molecule has 0 radical (unpaired) electrons. The maximum atomic E-state index is 11.5. The van der Waals surface area contributed by atoms with Gasteiger partial charge in [-0.1, -0.05) is 6.92 Å². The van der Waals surface area contributed by atoms with Crippen LogP contribution in [0, 0.1) is 5.41 Å². The molecule has 0 aliphatic heterocycles. The van der Waals surface area contributed by atoms with Gasteiger partial charge in [0.15, 0.2) is 6.26 Å². The quantitative estimate of drug-likeness (QED) is 0.204. The second-order valence-electron chi connectivity index (χ2n) is 3.87. The lowest BCUT2D eigenvalue weighted by molar-refractivity contribution is -0.491. The second-order valence-corrected chi connectivity index (χ2v) is 3.87. The van der Waals surface area contributed by atoms with E-state index >= 15 is 0 Å². The highest BCUT2D eigenvalue weighted by Gasteiger charge is 2.26. The Morgan fingerprint density at radius 1 is 1.24 bits per heavy atom. The largest absolute Gasteiger partial charge is 0.501 e. The van der Waals surface area contributed by atoms with Crippen LogP contribution in [0.5, 0.6) is 0 Å². The SMILES string of the molecule is CCC(C)(C)C(=O)OCCOOO/C=C/OC. The molecule has 0 aromatic rings. The van der Waals surface area contributed by atoms with Gasteiger partial charge in [0.25, 0.3) is 0 Å². The fourth-order valence-electron chi connectivity index (χ4n) is 0.671. The molecule has 0 N–H and O–H groups in total. The monoisotopic (exact) mass is 248 g/mol. The van der Waals surface area contributed by atoms with Crippen LogP contribution in [0.2, 0.25) is 0 Å². The summed E-state index contributed by atoms with van der Waals surface area (Å²) in [4.78, 5) is 20.5. The summed E-state index contributed by atoms with van der Waals surface area (Å²) >= 11 is 0. The van der Waals surface area contributed by atoms with E-state index in [9.17, 15) is 4.79 Å². The molecule has 0 saturated carbocycles. The van der Waals surface area contributed by atoms with Gasteiger partial charge in [0, 0.05) is 0 Å². The summed E-state index contributed by atoms with van der Waals surface area (Å²) in [6.07, 6.45) is 3.15. The van der Waals surface area contributed by atoms with Crippen LogP contribution in [0.25, 0.3) is 0 Å². The first kappa shape index (κ1) is 15.7. The molecule has 0 aliphatic rings. The van der Waals surface area contributed by atoms with Crippen molar-refractivity contribution < 1.29 is 29.1 Å². The topological polar surface area (TPSA) is 63.2 Å². The van der Waals surface area contributed by atoms with Crippen LogP contribution in [0.15, 0.2) is 12.5 Å². The Balaban J connectivity index is 3.46. The van der Waals surface area contributed by atoms with Gasteiger partial charge in [-0.15, -0.1) is 0 Å². The standard InChI is InChI=1S/C11H20O6/c1-5-11(2,3)10(12)14-7-9-16-17-15-8-6-13-4/h6,8H,5,7,9H2,1-4H3/b8-6+. The molecule has 0 spiro atoms. The lowest BCUT2D eigenvalue weighted by Crippen LogP contribution is -2.27. The number of rotatable bonds is 9. The van der Waals surface area contributed by atoms with Crippen molar-refractivity contribution >= 4 is 5.97 Å². The van der Waals surface area contributed by atoms with Crippen LogP contribution in [-0.2, 0) is 29.1 Å². The van der Waals surface area contributed by atoms with E-state index in [2.05, 4.69) is 19.6 Å². The van der Waals surface area contributed by atoms with E-state index in [1.165, 1.54) is 13.4 Å². The molecular formula is C11H20O6. The molecule has 0 fully saturated rings. The van der Waals surface area contributed by atoms with Crippen molar-refractivity contribution in [3.05, 3.63) is 12.5 Å². The van der Waals surface area contributed by atoms with Crippen molar-refractivity contribution in [2.45, 2.75) is 27.2 Å². The smallest absolute Gasteiger partial charge is 0.311 e. The van der Waals surface area contributed by atoms with Crippen LogP contribution < -0.4 is 0 Å². The summed E-state index contributed by atoms with van der Waals surface area (Å²) in [6, 6.07) is 0. The molecule has 0 bridgehead atoms. The maximum Gasteiger partial charge on any atom is 0.311 e. The van der Waals surface area contributed by atoms with Crippen molar-refractivity contribution in [3.63, 3.8) is 0 Å². The average Bonchev–Trinajstić information content (AvgIpc) is 2.32. The first-order chi connectivity index (χ1) is 8.04. The lowest BCUT2D eigenvalue weighted by Gasteiger charge is -2.19. The van der Waals surface area contributed by atoms with E-state index in [0.29, 0.717) is 6.42 Å². The average molecular weight is 248 g/mol. The van der Waals surface area contributed by atoms with E-state index in [-0.39, 0.29) is 19.2 Å². The Labute approximate surface area is 101 Å². The van der Waals surface area contributed by atoms with Gasteiger partial charge in [0.05, 0.1) is 12.5 Å². The second kappa shape index (κ2) is 8.83. The Morgan fingerprint density at radius 3 is 2.53 bits per heavy atom. The van der Waals surface area contributed by atoms with E-state index in [0.717, 1.165) is 6.26 Å². The number of carbonyl (C=O) groups excluding carboxylic acids is 1. The summed E-state index contributed by atoms with van der Waals surface area (Å²) < 4.78 is 9.52. The Hall–Kier alpha value is -1.27. The molecule has 0 unspecified atom stereocenters. The highest BCUT2D eigenvalue weighted by Crippen LogP contribution is 2.21. The van der Waals surface area contributed by atoms with E-state index in [1.807, 2.05) is 20.8 Å². The highest BCUT2D eigenvalue weighted by atomic mass is 17.5. The number of hydrogen-bond donors (Lipinski definition) is 0. The highest BCUT2D eigenvalue weighted by molar-refractivity contribution is 5.75. The molecule has 0 aliphatic carbocycles. The van der Waals surface area contributed by atoms with Crippen LogP contribution in [-0.4, -0.2) is 26.3 Å². The summed E-state index contributed by atoms with van der Waals surface area (Å²) in [5, 5.41) is 4.27. The number of hydrogen-bond acceptors (Lipinski definition) is 6. The normalized spacial score (nSPS) is 11.5. The summed E-state index contributed by atoms with van der Waals surface area (Å²) in [5.41, 5.74) is -0.474. The third-order valence-corrected chi connectivity index (χ3v) is 2.17. The lowest BCUT2D eigenvalue weighted by atomic mass is 9.91. The summed E-state index contributed by atoms with van der Waals surface area (Å²) in [6.45, 7) is 5.78. The van der Waals surface area contributed by atoms with E-state index < -0.39 is 5.41 Å². The molecule has 0 atom stereocenters. The Kier molecular flexibility index (Phi) is 8.17. The molecule has 0 heterocycles. The van der Waals surface area contributed by atoms with Crippen molar-refractivity contribution in [2.24, 2.45) is 5.41 Å². The molecule has 0 amide bonds. The van der Waals surface area contributed by atoms with Crippen LogP contribution >= 0.6 is 0 Å². The summed E-state index contributed by atoms with van der Waals surface area (Å²) in [7, 11) is 1.47. The molecule has 6 nitrogen and oxygen atoms in total. The van der Waals surface area contributed by atoms with Gasteiger partial charge in [0.1, 0.15) is 19.5 Å². The first-order valence-corrected chi connectivity index (χ1v) is 5.34. The molecule has 0 aromatic carbocycles. The fraction of sp³-hybridized carbons (Fsp3) is 0.727. The molecular weight excluding hydrogens is 228 g/mol. The van der Waals surface area contributed by atoms with Crippen LogP contribution in [0.3, 0.4) is 0 Å². The van der Waals surface area contributed by atoms with E-state index in [4.69, 9.17) is 4.74 Å². The minimum atomic E-state index is -0.474. The number of ether oxygens (including phenoxy) is 2. The van der Waals surface area contributed by atoms with Crippen molar-refractivity contribution in [3.8, 4) is 0 Å². The number of esters is 1. The van der Waals surface area contributed by atoms with Gasteiger partial charge in [0.2, 0.25) is 0 Å². The van der Waals surface area contributed by atoms with Crippen LogP contribution in [0.4, 0.5) is 0 Å². The van der Waals surface area contributed by atoms with E-state index in [1.54, 1.807) is 0 Å². The van der Waals surface area contributed by atoms with Gasteiger partial charge in [-0.3, -0.25) is 4.79 Å². The van der Waals surface area contributed by atoms with Gasteiger partial charge in [-0.2, -0.15) is 4.89 Å². The van der Waals surface area contributed by atoms with Crippen molar-refractivity contribution in [1.29, 1.82) is 0 Å². The number of carbonyl (C=O) groups is 1. The third-order valence-electron chi connectivity index (χ3n) is 2.17.